The summed E-state index contributed by atoms with van der Waals surface area (Å²) >= 11 is 3.37. The predicted octanol–water partition coefficient (Wildman–Crippen LogP) is 2.87. The number of hydrogen-bond donors (Lipinski definition) is 2. The average molecular weight is 419 g/mol. The average Bonchev–Trinajstić information content (AvgIpc) is 2.65. The van der Waals surface area contributed by atoms with Crippen molar-refractivity contribution in [3.05, 3.63) is 64.1 Å². The van der Waals surface area contributed by atoms with Gasteiger partial charge in [-0.2, -0.15) is 0 Å². The molecule has 6 nitrogen and oxygen atoms in total. The molecule has 7 heteroatoms. The lowest BCUT2D eigenvalue weighted by molar-refractivity contribution is -0.126. The Labute approximate surface area is 160 Å². The van der Waals surface area contributed by atoms with E-state index in [1.54, 1.807) is 50.6 Å². The fourth-order valence-electron chi connectivity index (χ4n) is 2.15. The molecular weight excluding hydrogens is 400 g/mol. The number of nitrogens with one attached hydrogen (secondary N) is 2. The SMILES string of the molecule is COc1ccc(CC(=O)NNC(=O)/C=C/c2cc(Br)ccc2OC)cc1. The van der Waals surface area contributed by atoms with Gasteiger partial charge in [0.05, 0.1) is 20.6 Å². The third-order valence-corrected chi connectivity index (χ3v) is 3.95. The van der Waals surface area contributed by atoms with Crippen molar-refractivity contribution >= 4 is 33.8 Å². The Morgan fingerprint density at radius 3 is 2.42 bits per heavy atom. The van der Waals surface area contributed by atoms with Crippen molar-refractivity contribution in [2.45, 2.75) is 6.42 Å². The Bertz CT molecular complexity index is 804. The maximum atomic E-state index is 11.9. The van der Waals surface area contributed by atoms with E-state index in [4.69, 9.17) is 9.47 Å². The first-order valence-corrected chi connectivity index (χ1v) is 8.54. The maximum absolute atomic E-state index is 11.9. The van der Waals surface area contributed by atoms with E-state index in [1.165, 1.54) is 6.08 Å². The van der Waals surface area contributed by atoms with Gasteiger partial charge >= 0.3 is 0 Å². The molecule has 0 unspecified atom stereocenters. The number of carbonyl (C=O) groups is 2. The molecular formula is C19H19BrN2O4. The van der Waals surface area contributed by atoms with Gasteiger partial charge in [-0.1, -0.05) is 28.1 Å². The second-order valence-electron chi connectivity index (χ2n) is 5.28. The summed E-state index contributed by atoms with van der Waals surface area (Å²) in [4.78, 5) is 23.7. The Morgan fingerprint density at radius 2 is 1.77 bits per heavy atom. The van der Waals surface area contributed by atoms with Crippen molar-refractivity contribution in [3.8, 4) is 11.5 Å². The van der Waals surface area contributed by atoms with E-state index < -0.39 is 5.91 Å². The number of methoxy groups -OCH3 is 2. The highest BCUT2D eigenvalue weighted by Gasteiger charge is 2.05. The van der Waals surface area contributed by atoms with Crippen LogP contribution in [0.1, 0.15) is 11.1 Å². The molecule has 0 fully saturated rings. The van der Waals surface area contributed by atoms with Crippen LogP contribution in [0.5, 0.6) is 11.5 Å². The van der Waals surface area contributed by atoms with Crippen molar-refractivity contribution in [2.24, 2.45) is 0 Å². The molecule has 0 saturated carbocycles. The smallest absolute Gasteiger partial charge is 0.262 e. The molecule has 0 bridgehead atoms. The number of hydrogen-bond acceptors (Lipinski definition) is 4. The lowest BCUT2D eigenvalue weighted by atomic mass is 10.1. The van der Waals surface area contributed by atoms with Gasteiger partial charge in [0.25, 0.3) is 5.91 Å². The molecule has 0 aromatic heterocycles. The molecule has 0 atom stereocenters. The minimum atomic E-state index is -0.449. The molecule has 0 aliphatic carbocycles. The van der Waals surface area contributed by atoms with Crippen LogP contribution in [0.25, 0.3) is 6.08 Å². The third-order valence-electron chi connectivity index (χ3n) is 3.45. The molecule has 2 amide bonds. The van der Waals surface area contributed by atoms with Crippen molar-refractivity contribution < 1.29 is 19.1 Å². The first-order chi connectivity index (χ1) is 12.5. The van der Waals surface area contributed by atoms with E-state index in [1.807, 2.05) is 12.1 Å². The van der Waals surface area contributed by atoms with Crippen LogP contribution < -0.4 is 20.3 Å². The summed E-state index contributed by atoms with van der Waals surface area (Å²) in [5, 5.41) is 0. The summed E-state index contributed by atoms with van der Waals surface area (Å²) < 4.78 is 11.2. The second kappa shape index (κ2) is 9.62. The monoisotopic (exact) mass is 418 g/mol. The van der Waals surface area contributed by atoms with Crippen LogP contribution in [0, 0.1) is 0 Å². The molecule has 0 aliphatic rings. The summed E-state index contributed by atoms with van der Waals surface area (Å²) in [6.45, 7) is 0. The Morgan fingerprint density at radius 1 is 1.04 bits per heavy atom. The fourth-order valence-corrected chi connectivity index (χ4v) is 2.53. The summed E-state index contributed by atoms with van der Waals surface area (Å²) in [7, 11) is 3.13. The summed E-state index contributed by atoms with van der Waals surface area (Å²) in [6.07, 6.45) is 3.07. The lowest BCUT2D eigenvalue weighted by Crippen LogP contribution is -2.41. The summed E-state index contributed by atoms with van der Waals surface area (Å²) in [6, 6.07) is 12.6. The van der Waals surface area contributed by atoms with Gasteiger partial charge in [-0.15, -0.1) is 0 Å². The number of rotatable bonds is 6. The number of ether oxygens (including phenoxy) is 2. The normalized spacial score (nSPS) is 10.4. The molecule has 26 heavy (non-hydrogen) atoms. The highest BCUT2D eigenvalue weighted by Crippen LogP contribution is 2.23. The van der Waals surface area contributed by atoms with Gasteiger partial charge in [-0.25, -0.2) is 0 Å². The van der Waals surface area contributed by atoms with E-state index in [0.29, 0.717) is 5.75 Å². The van der Waals surface area contributed by atoms with E-state index in [9.17, 15) is 9.59 Å². The summed E-state index contributed by atoms with van der Waals surface area (Å²) in [5.74, 6) is 0.587. The van der Waals surface area contributed by atoms with Crippen LogP contribution in [0.3, 0.4) is 0 Å². The molecule has 2 aromatic rings. The van der Waals surface area contributed by atoms with Crippen LogP contribution in [0.15, 0.2) is 53.0 Å². The zero-order valence-corrected chi connectivity index (χ0v) is 16.0. The van der Waals surface area contributed by atoms with Crippen LogP contribution in [0.2, 0.25) is 0 Å². The van der Waals surface area contributed by atoms with Gasteiger partial charge in [0.1, 0.15) is 11.5 Å². The number of carbonyl (C=O) groups excluding carboxylic acids is 2. The number of halogens is 1. The van der Waals surface area contributed by atoms with Crippen molar-refractivity contribution in [1.29, 1.82) is 0 Å². The van der Waals surface area contributed by atoms with E-state index in [0.717, 1.165) is 21.3 Å². The van der Waals surface area contributed by atoms with E-state index in [-0.39, 0.29) is 12.3 Å². The Hall–Kier alpha value is -2.80. The maximum Gasteiger partial charge on any atom is 0.262 e. The van der Waals surface area contributed by atoms with Crippen molar-refractivity contribution in [2.75, 3.05) is 14.2 Å². The molecule has 136 valence electrons. The first kappa shape index (κ1) is 19.5. The lowest BCUT2D eigenvalue weighted by Gasteiger charge is -2.07. The molecule has 0 saturated heterocycles. The van der Waals surface area contributed by atoms with Gasteiger partial charge in [0.15, 0.2) is 0 Å². The molecule has 0 heterocycles. The van der Waals surface area contributed by atoms with Crippen LogP contribution in [-0.4, -0.2) is 26.0 Å². The van der Waals surface area contributed by atoms with Gasteiger partial charge < -0.3 is 9.47 Å². The zero-order chi connectivity index (χ0) is 18.9. The van der Waals surface area contributed by atoms with E-state index in [2.05, 4.69) is 26.8 Å². The second-order valence-corrected chi connectivity index (χ2v) is 6.20. The molecule has 2 aromatic carbocycles. The molecule has 0 spiro atoms. The van der Waals surface area contributed by atoms with Crippen LogP contribution in [-0.2, 0) is 16.0 Å². The quantitative estimate of drug-likeness (QED) is 0.558. The summed E-state index contributed by atoms with van der Waals surface area (Å²) in [5.41, 5.74) is 6.27. The Kier molecular flexibility index (Phi) is 7.23. The minimum absolute atomic E-state index is 0.146. The van der Waals surface area contributed by atoms with Crippen LogP contribution in [0.4, 0.5) is 0 Å². The number of benzene rings is 2. The molecule has 0 aliphatic heterocycles. The Balaban J connectivity index is 1.85. The van der Waals surface area contributed by atoms with Gasteiger partial charge in [-0.05, 0) is 42.0 Å². The highest BCUT2D eigenvalue weighted by molar-refractivity contribution is 9.10. The predicted molar refractivity (Wildman–Crippen MR) is 103 cm³/mol. The molecule has 0 radical (unpaired) electrons. The minimum Gasteiger partial charge on any atom is -0.497 e. The van der Waals surface area contributed by atoms with Crippen LogP contribution >= 0.6 is 15.9 Å². The van der Waals surface area contributed by atoms with Crippen molar-refractivity contribution in [1.82, 2.24) is 10.9 Å². The third kappa shape index (κ3) is 5.93. The van der Waals surface area contributed by atoms with Gasteiger partial charge in [-0.3, -0.25) is 20.4 Å². The first-order valence-electron chi connectivity index (χ1n) is 7.75. The van der Waals surface area contributed by atoms with Crippen molar-refractivity contribution in [3.63, 3.8) is 0 Å². The fraction of sp³-hybridized carbons (Fsp3) is 0.158. The van der Waals surface area contributed by atoms with E-state index >= 15 is 0 Å². The van der Waals surface area contributed by atoms with Gasteiger partial charge in [0, 0.05) is 16.1 Å². The standard InChI is InChI=1S/C19H19BrN2O4/c1-25-16-7-3-13(4-8-16)11-19(24)22-21-18(23)10-5-14-12-15(20)6-9-17(14)26-2/h3-10,12H,11H2,1-2H3,(H,21,23)(H,22,24)/b10-5+. The number of amides is 2. The molecule has 2 rings (SSSR count). The molecule has 2 N–H and O–H groups in total. The topological polar surface area (TPSA) is 76.7 Å². The largest absolute Gasteiger partial charge is 0.497 e. The highest BCUT2D eigenvalue weighted by atomic mass is 79.9. The zero-order valence-electron chi connectivity index (χ0n) is 14.4. The van der Waals surface area contributed by atoms with Gasteiger partial charge in [0.2, 0.25) is 5.91 Å². The number of hydrazine groups is 1.